The van der Waals surface area contributed by atoms with E-state index < -0.39 is 0 Å². The molecule has 1 saturated heterocycles. The first-order valence-electron chi connectivity index (χ1n) is 8.69. The lowest BCUT2D eigenvalue weighted by molar-refractivity contribution is -0.133. The van der Waals surface area contributed by atoms with Gasteiger partial charge in [-0.15, -0.1) is 0 Å². The SMILES string of the molecule is COc1cc(C=NNC(=O)CN2CC(c3ccccc3)CC2=O)cc(Br)c1O. The Morgan fingerprint density at radius 3 is 2.86 bits per heavy atom. The first-order chi connectivity index (χ1) is 13.5. The molecule has 28 heavy (non-hydrogen) atoms. The molecule has 2 amide bonds. The summed E-state index contributed by atoms with van der Waals surface area (Å²) in [6.07, 6.45) is 1.84. The van der Waals surface area contributed by atoms with Gasteiger partial charge in [0.05, 0.1) is 17.8 Å². The van der Waals surface area contributed by atoms with Gasteiger partial charge in [-0.3, -0.25) is 9.59 Å². The van der Waals surface area contributed by atoms with Crippen LogP contribution >= 0.6 is 15.9 Å². The Kier molecular flexibility index (Phi) is 6.30. The van der Waals surface area contributed by atoms with Crippen molar-refractivity contribution in [3.63, 3.8) is 0 Å². The second-order valence-corrected chi connectivity index (χ2v) is 7.29. The molecule has 3 rings (SSSR count). The Morgan fingerprint density at radius 2 is 2.14 bits per heavy atom. The largest absolute Gasteiger partial charge is 0.503 e. The Balaban J connectivity index is 1.55. The molecule has 1 atom stereocenters. The number of methoxy groups -OCH3 is 1. The maximum absolute atomic E-state index is 12.2. The molecule has 1 fully saturated rings. The molecule has 146 valence electrons. The standard InChI is InChI=1S/C20H20BrN3O4/c1-28-17-8-13(7-16(21)20(17)27)10-22-23-18(25)12-24-11-15(9-19(24)26)14-5-3-2-4-6-14/h2-8,10,15,27H,9,11-12H2,1H3,(H,23,25). The third-order valence-electron chi connectivity index (χ3n) is 4.49. The van der Waals surface area contributed by atoms with Crippen molar-refractivity contribution in [2.24, 2.45) is 5.10 Å². The third kappa shape index (κ3) is 4.69. The number of nitrogens with one attached hydrogen (secondary N) is 1. The predicted octanol–water partition coefficient (Wildman–Crippen LogP) is 2.63. The molecule has 0 aliphatic carbocycles. The van der Waals surface area contributed by atoms with Crippen molar-refractivity contribution in [2.45, 2.75) is 12.3 Å². The number of ether oxygens (including phenoxy) is 1. The van der Waals surface area contributed by atoms with Crippen LogP contribution in [-0.2, 0) is 9.59 Å². The molecule has 0 radical (unpaired) electrons. The average molecular weight is 446 g/mol. The van der Waals surface area contributed by atoms with E-state index in [1.807, 2.05) is 30.3 Å². The molecule has 1 unspecified atom stereocenters. The van der Waals surface area contributed by atoms with E-state index in [4.69, 9.17) is 4.74 Å². The number of hydrogen-bond donors (Lipinski definition) is 2. The highest BCUT2D eigenvalue weighted by Gasteiger charge is 2.31. The normalized spacial score (nSPS) is 16.6. The van der Waals surface area contributed by atoms with E-state index in [0.29, 0.717) is 23.0 Å². The number of halogens is 1. The molecule has 0 spiro atoms. The number of hydrogen-bond acceptors (Lipinski definition) is 5. The number of phenolic OH excluding ortho intramolecular Hbond substituents is 1. The molecule has 0 saturated carbocycles. The van der Waals surface area contributed by atoms with E-state index in [9.17, 15) is 14.7 Å². The minimum Gasteiger partial charge on any atom is -0.503 e. The summed E-state index contributed by atoms with van der Waals surface area (Å²) in [5.41, 5.74) is 4.15. The van der Waals surface area contributed by atoms with Gasteiger partial charge < -0.3 is 14.7 Å². The monoisotopic (exact) mass is 445 g/mol. The first-order valence-corrected chi connectivity index (χ1v) is 9.48. The van der Waals surface area contributed by atoms with Crippen molar-refractivity contribution < 1.29 is 19.4 Å². The summed E-state index contributed by atoms with van der Waals surface area (Å²) in [4.78, 5) is 25.9. The number of rotatable bonds is 6. The molecule has 7 nitrogen and oxygen atoms in total. The van der Waals surface area contributed by atoms with Crippen LogP contribution in [0.2, 0.25) is 0 Å². The van der Waals surface area contributed by atoms with Crippen LogP contribution in [0.25, 0.3) is 0 Å². The first kappa shape index (κ1) is 19.9. The van der Waals surface area contributed by atoms with E-state index in [2.05, 4.69) is 26.5 Å². The third-order valence-corrected chi connectivity index (χ3v) is 5.10. The summed E-state index contributed by atoms with van der Waals surface area (Å²) in [6.45, 7) is 0.476. The molecule has 1 aliphatic heterocycles. The topological polar surface area (TPSA) is 91.2 Å². The Hall–Kier alpha value is -2.87. The minimum absolute atomic E-state index is 0.01000. The Labute approximate surface area is 171 Å². The molecule has 1 heterocycles. The van der Waals surface area contributed by atoms with E-state index in [1.165, 1.54) is 13.3 Å². The highest BCUT2D eigenvalue weighted by Crippen LogP contribution is 2.34. The highest BCUT2D eigenvalue weighted by atomic mass is 79.9. The van der Waals surface area contributed by atoms with Crippen molar-refractivity contribution in [3.8, 4) is 11.5 Å². The Bertz CT molecular complexity index is 902. The van der Waals surface area contributed by atoms with Crippen molar-refractivity contribution in [2.75, 3.05) is 20.2 Å². The van der Waals surface area contributed by atoms with Gasteiger partial charge >= 0.3 is 0 Å². The zero-order chi connectivity index (χ0) is 20.1. The molecule has 1 aliphatic rings. The summed E-state index contributed by atoms with van der Waals surface area (Å²) in [7, 11) is 1.44. The highest BCUT2D eigenvalue weighted by molar-refractivity contribution is 9.10. The molecule has 2 aromatic carbocycles. The van der Waals surface area contributed by atoms with Crippen LogP contribution in [0.4, 0.5) is 0 Å². The quantitative estimate of drug-likeness (QED) is 0.527. The summed E-state index contributed by atoms with van der Waals surface area (Å²) in [5, 5.41) is 13.7. The maximum atomic E-state index is 12.2. The van der Waals surface area contributed by atoms with E-state index >= 15 is 0 Å². The zero-order valence-electron chi connectivity index (χ0n) is 15.3. The number of amides is 2. The lowest BCUT2D eigenvalue weighted by Crippen LogP contribution is -2.36. The van der Waals surface area contributed by atoms with Crippen molar-refractivity contribution in [1.29, 1.82) is 0 Å². The van der Waals surface area contributed by atoms with Gasteiger partial charge in [0.15, 0.2) is 11.5 Å². The van der Waals surface area contributed by atoms with Gasteiger partial charge in [-0.25, -0.2) is 5.43 Å². The molecule has 2 N–H and O–H groups in total. The summed E-state index contributed by atoms with van der Waals surface area (Å²) in [5.74, 6) is -0.0314. The molecule has 0 aromatic heterocycles. The Morgan fingerprint density at radius 1 is 1.39 bits per heavy atom. The number of nitrogens with zero attached hydrogens (tertiary/aromatic N) is 2. The number of carbonyl (C=O) groups excluding carboxylic acids is 2. The van der Waals surface area contributed by atoms with Gasteiger partial charge in [0.1, 0.15) is 6.54 Å². The van der Waals surface area contributed by atoms with Gasteiger partial charge in [-0.1, -0.05) is 30.3 Å². The average Bonchev–Trinajstić information content (AvgIpc) is 3.05. The van der Waals surface area contributed by atoms with Crippen molar-refractivity contribution in [1.82, 2.24) is 10.3 Å². The van der Waals surface area contributed by atoms with Crippen LogP contribution < -0.4 is 10.2 Å². The van der Waals surface area contributed by atoms with Crippen LogP contribution in [0, 0.1) is 0 Å². The summed E-state index contributed by atoms with van der Waals surface area (Å²) in [6, 6.07) is 13.0. The molecule has 2 aromatic rings. The van der Waals surface area contributed by atoms with Crippen LogP contribution in [0.1, 0.15) is 23.5 Å². The lowest BCUT2D eigenvalue weighted by Gasteiger charge is -2.15. The van der Waals surface area contributed by atoms with E-state index in [0.717, 1.165) is 5.56 Å². The van der Waals surface area contributed by atoms with Gasteiger partial charge in [-0.05, 0) is 39.2 Å². The van der Waals surface area contributed by atoms with Gasteiger partial charge in [0.25, 0.3) is 5.91 Å². The number of benzene rings is 2. The fourth-order valence-electron chi connectivity index (χ4n) is 3.08. The zero-order valence-corrected chi connectivity index (χ0v) is 16.8. The van der Waals surface area contributed by atoms with E-state index in [-0.39, 0.29) is 35.8 Å². The maximum Gasteiger partial charge on any atom is 0.259 e. The number of likely N-dealkylation sites (tertiary alicyclic amines) is 1. The van der Waals surface area contributed by atoms with Crippen LogP contribution in [-0.4, -0.2) is 48.2 Å². The van der Waals surface area contributed by atoms with Crippen LogP contribution in [0.3, 0.4) is 0 Å². The fraction of sp³-hybridized carbons (Fsp3) is 0.250. The summed E-state index contributed by atoms with van der Waals surface area (Å²) < 4.78 is 5.52. The molecular weight excluding hydrogens is 426 g/mol. The fourth-order valence-corrected chi connectivity index (χ4v) is 3.54. The van der Waals surface area contributed by atoms with Gasteiger partial charge in [0.2, 0.25) is 5.91 Å². The van der Waals surface area contributed by atoms with Crippen LogP contribution in [0.5, 0.6) is 11.5 Å². The van der Waals surface area contributed by atoms with Crippen molar-refractivity contribution in [3.05, 3.63) is 58.1 Å². The summed E-state index contributed by atoms with van der Waals surface area (Å²) >= 11 is 3.23. The number of aromatic hydroxyl groups is 1. The predicted molar refractivity (Wildman–Crippen MR) is 108 cm³/mol. The van der Waals surface area contributed by atoms with Crippen LogP contribution in [0.15, 0.2) is 52.0 Å². The molecular formula is C20H20BrN3O4. The number of carbonyl (C=O) groups is 2. The van der Waals surface area contributed by atoms with E-state index in [1.54, 1.807) is 17.0 Å². The smallest absolute Gasteiger partial charge is 0.259 e. The van der Waals surface area contributed by atoms with Crippen molar-refractivity contribution >= 4 is 34.0 Å². The second-order valence-electron chi connectivity index (χ2n) is 6.43. The lowest BCUT2D eigenvalue weighted by atomic mass is 9.99. The number of hydrazone groups is 1. The second kappa shape index (κ2) is 8.88. The van der Waals surface area contributed by atoms with Gasteiger partial charge in [0, 0.05) is 18.9 Å². The number of phenols is 1. The molecule has 8 heteroatoms. The molecule has 0 bridgehead atoms. The minimum atomic E-state index is -0.372. The van der Waals surface area contributed by atoms with Gasteiger partial charge in [-0.2, -0.15) is 5.10 Å².